The molecule has 0 aliphatic carbocycles. The van der Waals surface area contributed by atoms with Crippen molar-refractivity contribution in [3.05, 3.63) is 30.4 Å². The third-order valence-corrected chi connectivity index (χ3v) is 6.25. The van der Waals surface area contributed by atoms with Crippen LogP contribution in [0.4, 0.5) is 0 Å². The molecule has 1 aliphatic heterocycles. The summed E-state index contributed by atoms with van der Waals surface area (Å²) in [5.74, 6) is 0.272. The third-order valence-electron chi connectivity index (χ3n) is 4.34. The maximum Gasteiger partial charge on any atom is 0.281 e. The zero-order valence-corrected chi connectivity index (χ0v) is 14.9. The molecule has 0 aromatic carbocycles. The van der Waals surface area contributed by atoms with Crippen molar-refractivity contribution in [2.45, 2.75) is 12.8 Å². The number of rotatable bonds is 5. The molecule has 1 aliphatic rings. The molecule has 3 heterocycles. The normalized spacial score (nSPS) is 19.2. The van der Waals surface area contributed by atoms with Crippen molar-refractivity contribution in [3.63, 3.8) is 0 Å². The minimum Gasteiger partial charge on any atom is -0.266 e. The van der Waals surface area contributed by atoms with Gasteiger partial charge >= 0.3 is 0 Å². The van der Waals surface area contributed by atoms with Crippen LogP contribution in [0.25, 0.3) is 11.4 Å². The summed E-state index contributed by atoms with van der Waals surface area (Å²) < 4.78 is 29.0. The number of hydrogen-bond acceptors (Lipinski definition) is 5. The highest BCUT2D eigenvalue weighted by Gasteiger charge is 2.32. The molecule has 0 amide bonds. The van der Waals surface area contributed by atoms with Crippen molar-refractivity contribution in [2.75, 3.05) is 27.2 Å². The van der Waals surface area contributed by atoms with E-state index >= 15 is 0 Å². The molecule has 9 heteroatoms. The van der Waals surface area contributed by atoms with Crippen LogP contribution in [0, 0.1) is 5.92 Å². The number of aryl methyl sites for hydroxylation is 1. The molecular weight excluding hydrogens is 328 g/mol. The van der Waals surface area contributed by atoms with Crippen molar-refractivity contribution in [3.8, 4) is 11.4 Å². The van der Waals surface area contributed by atoms with Crippen LogP contribution in [0.2, 0.25) is 0 Å². The van der Waals surface area contributed by atoms with E-state index in [1.54, 1.807) is 35.6 Å². The Kier molecular flexibility index (Phi) is 4.66. The fourth-order valence-electron chi connectivity index (χ4n) is 2.97. The summed E-state index contributed by atoms with van der Waals surface area (Å²) in [7, 11) is 1.67. The van der Waals surface area contributed by atoms with E-state index in [1.165, 1.54) is 4.31 Å². The van der Waals surface area contributed by atoms with Crippen LogP contribution < -0.4 is 0 Å². The highest BCUT2D eigenvalue weighted by atomic mass is 32.2. The van der Waals surface area contributed by atoms with Crippen molar-refractivity contribution >= 4 is 10.2 Å². The van der Waals surface area contributed by atoms with Crippen LogP contribution in [0.3, 0.4) is 0 Å². The van der Waals surface area contributed by atoms with Crippen LogP contribution >= 0.6 is 0 Å². The van der Waals surface area contributed by atoms with E-state index in [4.69, 9.17) is 0 Å². The number of aromatic nitrogens is 4. The molecule has 1 atom stereocenters. The summed E-state index contributed by atoms with van der Waals surface area (Å²) in [6.45, 7) is 1.09. The first-order valence-corrected chi connectivity index (χ1v) is 9.24. The second kappa shape index (κ2) is 6.58. The van der Waals surface area contributed by atoms with Gasteiger partial charge in [0.1, 0.15) is 6.33 Å². The lowest BCUT2D eigenvalue weighted by molar-refractivity contribution is 0.409. The van der Waals surface area contributed by atoms with Crippen molar-refractivity contribution in [2.24, 2.45) is 13.0 Å². The van der Waals surface area contributed by atoms with Crippen LogP contribution in [0.15, 0.2) is 24.7 Å². The van der Waals surface area contributed by atoms with Gasteiger partial charge in [0.05, 0.1) is 11.4 Å². The first kappa shape index (κ1) is 17.0. The van der Waals surface area contributed by atoms with E-state index in [1.807, 2.05) is 19.2 Å². The van der Waals surface area contributed by atoms with Crippen molar-refractivity contribution < 1.29 is 8.42 Å². The van der Waals surface area contributed by atoms with Gasteiger partial charge in [0.25, 0.3) is 10.2 Å². The topological polar surface area (TPSA) is 84.2 Å². The van der Waals surface area contributed by atoms with Gasteiger partial charge in [-0.05, 0) is 30.9 Å². The summed E-state index contributed by atoms with van der Waals surface area (Å²) >= 11 is 0. The van der Waals surface area contributed by atoms with Gasteiger partial charge in [0.15, 0.2) is 0 Å². The van der Waals surface area contributed by atoms with Gasteiger partial charge in [-0.25, -0.2) is 9.97 Å². The number of hydrogen-bond donors (Lipinski definition) is 0. The van der Waals surface area contributed by atoms with Gasteiger partial charge in [-0.15, -0.1) is 0 Å². The standard InChI is InChI=1S/C15H22N6O2S/c1-19(2)24(22,23)21-7-5-12(10-21)8-13-9-14(17-11-16-13)15-4-6-18-20(15)3/h4,6,9,11-12H,5,7-8,10H2,1-3H3/t12-/m1/s1. The second-order valence-electron chi connectivity index (χ2n) is 6.24. The molecular formula is C15H22N6O2S. The smallest absolute Gasteiger partial charge is 0.266 e. The van der Waals surface area contributed by atoms with Gasteiger partial charge in [-0.2, -0.15) is 22.1 Å². The average Bonchev–Trinajstić information content (AvgIpc) is 3.16. The zero-order chi connectivity index (χ0) is 17.3. The Labute approximate surface area is 142 Å². The number of nitrogens with zero attached hydrogens (tertiary/aromatic N) is 6. The Morgan fingerprint density at radius 3 is 2.79 bits per heavy atom. The fourth-order valence-corrected chi connectivity index (χ4v) is 4.17. The minimum absolute atomic E-state index is 0.272. The Bertz CT molecular complexity index is 817. The molecule has 1 fully saturated rings. The molecule has 0 bridgehead atoms. The summed E-state index contributed by atoms with van der Waals surface area (Å²) in [5, 5.41) is 4.16. The highest BCUT2D eigenvalue weighted by Crippen LogP contribution is 2.24. The van der Waals surface area contributed by atoms with Gasteiger partial charge < -0.3 is 0 Å². The van der Waals surface area contributed by atoms with E-state index in [-0.39, 0.29) is 5.92 Å². The second-order valence-corrected chi connectivity index (χ2v) is 8.38. The molecule has 2 aromatic rings. The summed E-state index contributed by atoms with van der Waals surface area (Å²) in [4.78, 5) is 8.66. The first-order chi connectivity index (χ1) is 11.4. The SMILES string of the molecule is CN(C)S(=O)(=O)N1CC[C@H](Cc2cc(-c3ccnn3C)ncn2)C1. The summed E-state index contributed by atoms with van der Waals surface area (Å²) in [6.07, 6.45) is 4.88. The maximum absolute atomic E-state index is 12.2. The predicted molar refractivity (Wildman–Crippen MR) is 90.2 cm³/mol. The molecule has 0 N–H and O–H groups in total. The molecule has 8 nitrogen and oxygen atoms in total. The van der Waals surface area contributed by atoms with Gasteiger partial charge in [-0.1, -0.05) is 0 Å². The van der Waals surface area contributed by atoms with Crippen LogP contribution in [-0.4, -0.2) is 64.0 Å². The molecule has 3 rings (SSSR count). The molecule has 0 radical (unpaired) electrons. The molecule has 0 unspecified atom stereocenters. The van der Waals surface area contributed by atoms with Crippen LogP contribution in [-0.2, 0) is 23.7 Å². The van der Waals surface area contributed by atoms with Gasteiger partial charge in [0, 0.05) is 46.1 Å². The molecule has 24 heavy (non-hydrogen) atoms. The van der Waals surface area contributed by atoms with E-state index < -0.39 is 10.2 Å². The highest BCUT2D eigenvalue weighted by molar-refractivity contribution is 7.86. The Morgan fingerprint density at radius 2 is 2.12 bits per heavy atom. The molecule has 1 saturated heterocycles. The average molecular weight is 350 g/mol. The minimum atomic E-state index is -3.33. The van der Waals surface area contributed by atoms with Gasteiger partial charge in [0.2, 0.25) is 0 Å². The summed E-state index contributed by atoms with van der Waals surface area (Å²) in [6, 6.07) is 3.87. The van der Waals surface area contributed by atoms with E-state index in [0.29, 0.717) is 13.1 Å². The van der Waals surface area contributed by atoms with Crippen LogP contribution in [0.5, 0.6) is 0 Å². The summed E-state index contributed by atoms with van der Waals surface area (Å²) in [5.41, 5.74) is 2.69. The fraction of sp³-hybridized carbons (Fsp3) is 0.533. The molecule has 0 spiro atoms. The molecule has 0 saturated carbocycles. The van der Waals surface area contributed by atoms with E-state index in [0.717, 1.165) is 29.9 Å². The first-order valence-electron chi connectivity index (χ1n) is 7.85. The van der Waals surface area contributed by atoms with Crippen LogP contribution in [0.1, 0.15) is 12.1 Å². The lowest BCUT2D eigenvalue weighted by Crippen LogP contribution is -2.38. The Hall–Kier alpha value is -1.84. The lowest BCUT2D eigenvalue weighted by atomic mass is 10.0. The Balaban J connectivity index is 1.71. The molecule has 130 valence electrons. The monoisotopic (exact) mass is 350 g/mol. The van der Waals surface area contributed by atoms with Crippen molar-refractivity contribution in [1.82, 2.24) is 28.4 Å². The quantitative estimate of drug-likeness (QED) is 0.786. The third kappa shape index (κ3) is 3.33. The van der Waals surface area contributed by atoms with E-state index in [9.17, 15) is 8.42 Å². The van der Waals surface area contributed by atoms with Crippen molar-refractivity contribution in [1.29, 1.82) is 0 Å². The maximum atomic E-state index is 12.2. The Morgan fingerprint density at radius 1 is 1.33 bits per heavy atom. The molecule has 2 aromatic heterocycles. The predicted octanol–water partition coefficient (Wildman–Crippen LogP) is 0.548. The zero-order valence-electron chi connectivity index (χ0n) is 14.1. The largest absolute Gasteiger partial charge is 0.281 e. The van der Waals surface area contributed by atoms with E-state index in [2.05, 4.69) is 15.1 Å². The van der Waals surface area contributed by atoms with Gasteiger partial charge in [-0.3, -0.25) is 4.68 Å². The lowest BCUT2D eigenvalue weighted by Gasteiger charge is -2.20.